The van der Waals surface area contributed by atoms with Gasteiger partial charge >= 0.3 is 5.97 Å². The predicted molar refractivity (Wildman–Crippen MR) is 46.1 cm³/mol. The van der Waals surface area contributed by atoms with Crippen molar-refractivity contribution in [1.82, 2.24) is 0 Å². The van der Waals surface area contributed by atoms with Gasteiger partial charge in [0.15, 0.2) is 6.10 Å². The second kappa shape index (κ2) is 6.06. The first kappa shape index (κ1) is 13.5. The zero-order valence-corrected chi connectivity index (χ0v) is 9.22. The molecule has 1 rings (SSSR count). The van der Waals surface area contributed by atoms with Gasteiger partial charge in [-0.05, 0) is 6.92 Å². The molecule has 0 saturated heterocycles. The molecule has 0 radical (unpaired) electrons. The second-order valence-corrected chi connectivity index (χ2v) is 3.11. The number of ether oxygens (including phenoxy) is 1. The van der Waals surface area contributed by atoms with Gasteiger partial charge in [-0.1, -0.05) is 16.8 Å². The van der Waals surface area contributed by atoms with Gasteiger partial charge < -0.3 is 27.7 Å². The van der Waals surface area contributed by atoms with E-state index in [9.17, 15) is 4.79 Å². The Balaban J connectivity index is 0.00000169. The molecule has 0 unspecified atom stereocenters. The number of oxime groups is 1. The first-order valence-electron chi connectivity index (χ1n) is 4.03. The molecule has 0 aromatic carbocycles. The Bertz CT molecular complexity index is 235. The van der Waals surface area contributed by atoms with Gasteiger partial charge in [-0.25, -0.2) is 4.79 Å². The van der Waals surface area contributed by atoms with Crippen LogP contribution in [0.1, 0.15) is 13.3 Å². The molecule has 0 bridgehead atoms. The van der Waals surface area contributed by atoms with E-state index in [4.69, 9.17) is 21.2 Å². The molecule has 0 aliphatic carbocycles. The summed E-state index contributed by atoms with van der Waals surface area (Å²) in [6.07, 6.45) is 0.0423. The van der Waals surface area contributed by atoms with Gasteiger partial charge in [-0.3, -0.25) is 0 Å². The first-order chi connectivity index (χ1) is 6.15. The number of carbonyl (C=O) groups is 1. The summed E-state index contributed by atoms with van der Waals surface area (Å²) in [5, 5.41) is 3.88. The number of carbonyl (C=O) groups excluding carboxylic acids is 1. The molecule has 5 nitrogen and oxygen atoms in total. The minimum absolute atomic E-state index is 0. The van der Waals surface area contributed by atoms with E-state index >= 15 is 0 Å². The summed E-state index contributed by atoms with van der Waals surface area (Å²) >= 11 is 5.58. The summed E-state index contributed by atoms with van der Waals surface area (Å²) in [6, 6.07) is -0.569. The molecule has 0 aromatic rings. The van der Waals surface area contributed by atoms with Gasteiger partial charge in [0.1, 0.15) is 5.17 Å². The molecule has 0 amide bonds. The van der Waals surface area contributed by atoms with E-state index in [2.05, 4.69) is 10.9 Å². The van der Waals surface area contributed by atoms with E-state index in [1.54, 1.807) is 6.92 Å². The Labute approximate surface area is 93.0 Å². The maximum Gasteiger partial charge on any atom is 0.368 e. The van der Waals surface area contributed by atoms with Gasteiger partial charge in [0.05, 0.1) is 13.0 Å². The molecule has 3 N–H and O–H groups in total. The first-order valence-corrected chi connectivity index (χ1v) is 4.40. The van der Waals surface area contributed by atoms with Crippen LogP contribution in [0.3, 0.4) is 0 Å². The van der Waals surface area contributed by atoms with Crippen molar-refractivity contribution in [3.8, 4) is 0 Å². The van der Waals surface area contributed by atoms with Crippen molar-refractivity contribution in [1.29, 1.82) is 0 Å². The zero-order valence-electron chi connectivity index (χ0n) is 7.70. The van der Waals surface area contributed by atoms with E-state index in [0.29, 0.717) is 18.2 Å². The highest BCUT2D eigenvalue weighted by atomic mass is 35.5. The van der Waals surface area contributed by atoms with E-state index in [1.165, 1.54) is 0 Å². The summed E-state index contributed by atoms with van der Waals surface area (Å²) in [7, 11) is 0. The number of quaternary nitrogens is 1. The van der Waals surface area contributed by atoms with Crippen LogP contribution in [0.15, 0.2) is 5.16 Å². The Morgan fingerprint density at radius 3 is 3.00 bits per heavy atom. The fraction of sp³-hybridized carbons (Fsp3) is 0.714. The quantitative estimate of drug-likeness (QED) is 0.523. The van der Waals surface area contributed by atoms with Crippen LogP contribution in [0.4, 0.5) is 0 Å². The molecule has 82 valence electrons. The third-order valence-corrected chi connectivity index (χ3v) is 1.92. The number of halogens is 2. The topological polar surface area (TPSA) is 75.5 Å². The van der Waals surface area contributed by atoms with Gasteiger partial charge in [-0.15, -0.1) is 0 Å². The maximum atomic E-state index is 11.2. The summed E-state index contributed by atoms with van der Waals surface area (Å²) in [5.74, 6) is -0.380. The number of hydrogen-bond acceptors (Lipinski definition) is 4. The van der Waals surface area contributed by atoms with Crippen molar-refractivity contribution in [3.05, 3.63) is 0 Å². The SMILES string of the molecule is CCOC(=O)[C@@H]([NH3+])[C@@H]1CC(Cl)=NO1.[Cl-]. The number of nitrogens with zero attached hydrogens (tertiary/aromatic N) is 1. The standard InChI is InChI=1S/C7H11ClN2O3.ClH/c1-2-12-7(11)6(9)4-3-5(8)10-13-4;/h4,6H,2-3,9H2,1H3;1H/t4-,6-;/m0./s1. The molecule has 0 saturated carbocycles. The molecule has 0 aromatic heterocycles. The molecule has 1 aliphatic heterocycles. The summed E-state index contributed by atoms with van der Waals surface area (Å²) in [4.78, 5) is 16.1. The highest BCUT2D eigenvalue weighted by molar-refractivity contribution is 6.65. The molecule has 7 heteroatoms. The minimum Gasteiger partial charge on any atom is -1.00 e. The van der Waals surface area contributed by atoms with Gasteiger partial charge in [0.2, 0.25) is 6.04 Å². The molecule has 0 spiro atoms. The van der Waals surface area contributed by atoms with Gasteiger partial charge in [0, 0.05) is 0 Å². The Morgan fingerprint density at radius 2 is 2.57 bits per heavy atom. The fourth-order valence-electron chi connectivity index (χ4n) is 0.982. The lowest BCUT2D eigenvalue weighted by Crippen LogP contribution is -3.00. The van der Waals surface area contributed by atoms with E-state index < -0.39 is 6.04 Å². The average molecular weight is 243 g/mol. The van der Waals surface area contributed by atoms with Crippen LogP contribution >= 0.6 is 11.6 Å². The van der Waals surface area contributed by atoms with Crippen LogP contribution in [-0.2, 0) is 14.4 Å². The molecule has 0 fully saturated rings. The highest BCUT2D eigenvalue weighted by Crippen LogP contribution is 2.14. The zero-order chi connectivity index (χ0) is 9.84. The van der Waals surface area contributed by atoms with Crippen LogP contribution in [0.25, 0.3) is 0 Å². The average Bonchev–Trinajstić information content (AvgIpc) is 2.51. The Morgan fingerprint density at radius 1 is 1.93 bits per heavy atom. The summed E-state index contributed by atoms with van der Waals surface area (Å²) in [6.45, 7) is 2.08. The van der Waals surface area contributed by atoms with E-state index in [1.807, 2.05) is 0 Å². The molecular weight excluding hydrogens is 231 g/mol. The predicted octanol–water partition coefficient (Wildman–Crippen LogP) is -3.49. The number of rotatable bonds is 3. The lowest BCUT2D eigenvalue weighted by atomic mass is 10.1. The Hall–Kier alpha value is -0.520. The summed E-state index contributed by atoms with van der Waals surface area (Å²) < 4.78 is 4.78. The van der Waals surface area contributed by atoms with Crippen LogP contribution in [0, 0.1) is 0 Å². The maximum absolute atomic E-state index is 11.2. The van der Waals surface area contributed by atoms with Gasteiger partial charge in [-0.2, -0.15) is 0 Å². The molecule has 2 atom stereocenters. The second-order valence-electron chi connectivity index (χ2n) is 2.67. The lowest BCUT2D eigenvalue weighted by Gasteiger charge is -2.11. The Kier molecular flexibility index (Phi) is 5.83. The largest absolute Gasteiger partial charge is 1.00 e. The molecule has 1 heterocycles. The van der Waals surface area contributed by atoms with Crippen LogP contribution in [0.5, 0.6) is 0 Å². The highest BCUT2D eigenvalue weighted by Gasteiger charge is 2.35. The van der Waals surface area contributed by atoms with Crippen LogP contribution in [0.2, 0.25) is 0 Å². The van der Waals surface area contributed by atoms with Crippen LogP contribution in [-0.4, -0.2) is 29.9 Å². The minimum atomic E-state index is -0.569. The molecule has 1 aliphatic rings. The van der Waals surface area contributed by atoms with Crippen molar-refractivity contribution in [2.24, 2.45) is 5.16 Å². The van der Waals surface area contributed by atoms with E-state index in [0.717, 1.165) is 0 Å². The normalized spacial score (nSPS) is 21.6. The smallest absolute Gasteiger partial charge is 0.368 e. The van der Waals surface area contributed by atoms with Crippen LogP contribution < -0.4 is 18.1 Å². The van der Waals surface area contributed by atoms with E-state index in [-0.39, 0.29) is 24.5 Å². The number of hydrogen-bond donors (Lipinski definition) is 1. The third kappa shape index (κ3) is 3.32. The van der Waals surface area contributed by atoms with Crippen molar-refractivity contribution in [3.63, 3.8) is 0 Å². The monoisotopic (exact) mass is 242 g/mol. The summed E-state index contributed by atoms with van der Waals surface area (Å²) in [5.41, 5.74) is 3.64. The number of esters is 1. The van der Waals surface area contributed by atoms with Crippen molar-refractivity contribution < 1.29 is 32.5 Å². The lowest BCUT2D eigenvalue weighted by molar-refractivity contribution is -0.426. The van der Waals surface area contributed by atoms with Gasteiger partial charge in [0.25, 0.3) is 0 Å². The van der Waals surface area contributed by atoms with Crippen molar-refractivity contribution in [2.75, 3.05) is 6.61 Å². The molecule has 14 heavy (non-hydrogen) atoms. The third-order valence-electron chi connectivity index (χ3n) is 1.69. The van der Waals surface area contributed by atoms with Crippen molar-refractivity contribution >= 4 is 22.7 Å². The fourth-order valence-corrected chi connectivity index (χ4v) is 1.17. The molecular formula is C7H12Cl2N2O3. The van der Waals surface area contributed by atoms with Crippen molar-refractivity contribution in [2.45, 2.75) is 25.5 Å².